The second kappa shape index (κ2) is 7.31. The number of carboxylic acids is 1. The standard InChI is InChI=1S/C18H15IN2O2S/c1-11-2-4-12(5-3-11)17-15(10-16(22)23)24-18(21-17)20-14-8-6-13(19)7-9-14/h2-9H,10H2,1H3,(H,20,21)(H,22,23). The molecule has 2 N–H and O–H groups in total. The Kier molecular flexibility index (Phi) is 5.15. The van der Waals surface area contributed by atoms with Gasteiger partial charge in [-0.05, 0) is 53.8 Å². The van der Waals surface area contributed by atoms with Crippen LogP contribution in [-0.2, 0) is 11.2 Å². The van der Waals surface area contributed by atoms with E-state index in [2.05, 4.69) is 32.9 Å². The maximum absolute atomic E-state index is 11.2. The van der Waals surface area contributed by atoms with Crippen molar-refractivity contribution >= 4 is 50.7 Å². The Morgan fingerprint density at radius 3 is 2.46 bits per heavy atom. The third-order valence-electron chi connectivity index (χ3n) is 3.43. The van der Waals surface area contributed by atoms with Crippen LogP contribution < -0.4 is 5.32 Å². The fourth-order valence-corrected chi connectivity index (χ4v) is 3.61. The normalized spacial score (nSPS) is 10.6. The van der Waals surface area contributed by atoms with Crippen LogP contribution >= 0.6 is 33.9 Å². The van der Waals surface area contributed by atoms with Gasteiger partial charge >= 0.3 is 5.97 Å². The predicted octanol–water partition coefficient (Wildman–Crippen LogP) is 5.09. The van der Waals surface area contributed by atoms with Crippen molar-refractivity contribution in [1.82, 2.24) is 4.98 Å². The number of carbonyl (C=O) groups is 1. The van der Waals surface area contributed by atoms with E-state index in [1.165, 1.54) is 11.3 Å². The maximum Gasteiger partial charge on any atom is 0.308 e. The molecule has 1 heterocycles. The molecule has 4 nitrogen and oxygen atoms in total. The van der Waals surface area contributed by atoms with Crippen molar-refractivity contribution in [1.29, 1.82) is 0 Å². The van der Waals surface area contributed by atoms with Gasteiger partial charge in [0.05, 0.1) is 12.1 Å². The topological polar surface area (TPSA) is 62.2 Å². The second-order valence-electron chi connectivity index (χ2n) is 5.36. The van der Waals surface area contributed by atoms with E-state index in [4.69, 9.17) is 5.11 Å². The molecule has 0 saturated heterocycles. The van der Waals surface area contributed by atoms with Crippen molar-refractivity contribution in [3.63, 3.8) is 0 Å². The van der Waals surface area contributed by atoms with E-state index in [1.54, 1.807) is 0 Å². The molecular formula is C18H15IN2O2S. The minimum Gasteiger partial charge on any atom is -0.481 e. The summed E-state index contributed by atoms with van der Waals surface area (Å²) in [5.74, 6) is -0.854. The molecule has 0 atom stereocenters. The van der Waals surface area contributed by atoms with Crippen LogP contribution in [0.4, 0.5) is 10.8 Å². The molecule has 0 radical (unpaired) electrons. The lowest BCUT2D eigenvalue weighted by Crippen LogP contribution is -1.99. The first kappa shape index (κ1) is 16.9. The Bertz CT molecular complexity index is 858. The van der Waals surface area contributed by atoms with Crippen molar-refractivity contribution < 1.29 is 9.90 Å². The zero-order valence-electron chi connectivity index (χ0n) is 12.9. The van der Waals surface area contributed by atoms with Crippen LogP contribution in [0, 0.1) is 10.5 Å². The lowest BCUT2D eigenvalue weighted by Gasteiger charge is -2.02. The van der Waals surface area contributed by atoms with Gasteiger partial charge in [-0.1, -0.05) is 29.8 Å². The lowest BCUT2D eigenvalue weighted by molar-refractivity contribution is -0.136. The number of thiazole rings is 1. The molecule has 6 heteroatoms. The van der Waals surface area contributed by atoms with Crippen molar-refractivity contribution in [2.24, 2.45) is 0 Å². The SMILES string of the molecule is Cc1ccc(-c2nc(Nc3ccc(I)cc3)sc2CC(=O)O)cc1. The number of anilines is 2. The van der Waals surface area contributed by atoms with Crippen molar-refractivity contribution in [2.45, 2.75) is 13.3 Å². The van der Waals surface area contributed by atoms with Crippen LogP contribution in [0.1, 0.15) is 10.4 Å². The van der Waals surface area contributed by atoms with Crippen LogP contribution in [0.3, 0.4) is 0 Å². The summed E-state index contributed by atoms with van der Waals surface area (Å²) in [7, 11) is 0. The van der Waals surface area contributed by atoms with E-state index in [0.29, 0.717) is 5.13 Å². The second-order valence-corrected chi connectivity index (χ2v) is 7.69. The number of aryl methyl sites for hydroxylation is 1. The highest BCUT2D eigenvalue weighted by Crippen LogP contribution is 2.33. The summed E-state index contributed by atoms with van der Waals surface area (Å²) in [6, 6.07) is 15.9. The first-order valence-electron chi connectivity index (χ1n) is 7.32. The summed E-state index contributed by atoms with van der Waals surface area (Å²) in [5.41, 5.74) is 3.76. The summed E-state index contributed by atoms with van der Waals surface area (Å²) >= 11 is 3.64. The summed E-state index contributed by atoms with van der Waals surface area (Å²) in [6.45, 7) is 2.02. The molecule has 0 spiro atoms. The minimum absolute atomic E-state index is 0.0325. The van der Waals surface area contributed by atoms with E-state index in [-0.39, 0.29) is 6.42 Å². The van der Waals surface area contributed by atoms with Gasteiger partial charge in [-0.25, -0.2) is 4.98 Å². The number of aliphatic carboxylic acids is 1. The molecule has 0 saturated carbocycles. The van der Waals surface area contributed by atoms with Crippen molar-refractivity contribution in [3.05, 3.63) is 62.5 Å². The predicted molar refractivity (Wildman–Crippen MR) is 106 cm³/mol. The highest BCUT2D eigenvalue weighted by molar-refractivity contribution is 14.1. The summed E-state index contributed by atoms with van der Waals surface area (Å²) < 4.78 is 1.16. The monoisotopic (exact) mass is 450 g/mol. The zero-order valence-corrected chi connectivity index (χ0v) is 15.9. The average Bonchev–Trinajstić information content (AvgIpc) is 2.92. The summed E-state index contributed by atoms with van der Waals surface area (Å²) in [5, 5.41) is 13.1. The molecule has 0 fully saturated rings. The number of nitrogens with zero attached hydrogens (tertiary/aromatic N) is 1. The van der Waals surface area contributed by atoms with E-state index < -0.39 is 5.97 Å². The Morgan fingerprint density at radius 1 is 1.17 bits per heavy atom. The van der Waals surface area contributed by atoms with Crippen LogP contribution in [0.25, 0.3) is 11.3 Å². The van der Waals surface area contributed by atoms with Gasteiger partial charge in [0.2, 0.25) is 0 Å². The molecule has 1 aromatic heterocycles. The third-order valence-corrected chi connectivity index (χ3v) is 5.12. The van der Waals surface area contributed by atoms with E-state index in [9.17, 15) is 4.79 Å². The number of carboxylic acid groups (broad SMARTS) is 1. The van der Waals surface area contributed by atoms with Gasteiger partial charge in [0, 0.05) is 19.7 Å². The highest BCUT2D eigenvalue weighted by Gasteiger charge is 2.16. The molecule has 0 bridgehead atoms. The molecule has 2 aromatic carbocycles. The van der Waals surface area contributed by atoms with E-state index in [1.807, 2.05) is 55.5 Å². The van der Waals surface area contributed by atoms with Crippen LogP contribution in [0.15, 0.2) is 48.5 Å². The van der Waals surface area contributed by atoms with Crippen LogP contribution in [0.5, 0.6) is 0 Å². The van der Waals surface area contributed by atoms with Gasteiger partial charge in [-0.15, -0.1) is 11.3 Å². The molecule has 3 aromatic rings. The number of halogens is 1. The summed E-state index contributed by atoms with van der Waals surface area (Å²) in [4.78, 5) is 16.5. The van der Waals surface area contributed by atoms with Gasteiger partial charge in [0.1, 0.15) is 0 Å². The van der Waals surface area contributed by atoms with E-state index >= 15 is 0 Å². The van der Waals surface area contributed by atoms with Crippen molar-refractivity contribution in [2.75, 3.05) is 5.32 Å². The number of hydrogen-bond acceptors (Lipinski definition) is 4. The molecule has 0 unspecified atom stereocenters. The molecule has 0 aliphatic rings. The molecule has 0 aliphatic carbocycles. The van der Waals surface area contributed by atoms with Crippen LogP contribution in [0.2, 0.25) is 0 Å². The molecule has 3 rings (SSSR count). The maximum atomic E-state index is 11.2. The Hall–Kier alpha value is -1.93. The molecule has 24 heavy (non-hydrogen) atoms. The number of rotatable bonds is 5. The zero-order chi connectivity index (χ0) is 17.1. The van der Waals surface area contributed by atoms with E-state index in [0.717, 1.165) is 31.0 Å². The Morgan fingerprint density at radius 2 is 1.83 bits per heavy atom. The van der Waals surface area contributed by atoms with Crippen molar-refractivity contribution in [3.8, 4) is 11.3 Å². The quantitative estimate of drug-likeness (QED) is 0.532. The third kappa shape index (κ3) is 4.12. The minimum atomic E-state index is -0.854. The van der Waals surface area contributed by atoms with Gasteiger partial charge in [0.25, 0.3) is 0 Å². The number of hydrogen-bond donors (Lipinski definition) is 2. The van der Waals surface area contributed by atoms with Crippen LogP contribution in [-0.4, -0.2) is 16.1 Å². The Balaban J connectivity index is 1.94. The lowest BCUT2D eigenvalue weighted by atomic mass is 10.1. The Labute approximate surface area is 157 Å². The fraction of sp³-hybridized carbons (Fsp3) is 0.111. The van der Waals surface area contributed by atoms with Gasteiger partial charge in [-0.2, -0.15) is 0 Å². The average molecular weight is 450 g/mol. The first-order chi connectivity index (χ1) is 11.5. The number of nitrogens with one attached hydrogen (secondary N) is 1. The first-order valence-corrected chi connectivity index (χ1v) is 9.22. The number of aromatic nitrogens is 1. The van der Waals surface area contributed by atoms with Gasteiger partial charge in [0.15, 0.2) is 5.13 Å². The molecular weight excluding hydrogens is 435 g/mol. The fourth-order valence-electron chi connectivity index (χ4n) is 2.26. The largest absolute Gasteiger partial charge is 0.481 e. The highest BCUT2D eigenvalue weighted by atomic mass is 127. The number of benzene rings is 2. The smallest absolute Gasteiger partial charge is 0.308 e. The molecule has 0 amide bonds. The summed E-state index contributed by atoms with van der Waals surface area (Å²) in [6.07, 6.45) is -0.0325. The van der Waals surface area contributed by atoms with Gasteiger partial charge in [-0.3, -0.25) is 4.79 Å². The molecule has 122 valence electrons. The van der Waals surface area contributed by atoms with Gasteiger partial charge < -0.3 is 10.4 Å². The molecule has 0 aliphatic heterocycles.